The van der Waals surface area contributed by atoms with Crippen molar-refractivity contribution in [3.8, 4) is 0 Å². The summed E-state index contributed by atoms with van der Waals surface area (Å²) < 4.78 is 0. The van der Waals surface area contributed by atoms with Crippen molar-refractivity contribution in [2.24, 2.45) is 5.41 Å². The van der Waals surface area contributed by atoms with E-state index in [4.69, 9.17) is 0 Å². The lowest BCUT2D eigenvalue weighted by Crippen LogP contribution is -2.56. The first-order chi connectivity index (χ1) is 13.5. The smallest absolute Gasteiger partial charge is 0.242 e. The van der Waals surface area contributed by atoms with Gasteiger partial charge in [-0.2, -0.15) is 0 Å². The molecule has 1 saturated heterocycles. The van der Waals surface area contributed by atoms with Crippen LogP contribution in [0.1, 0.15) is 19.4 Å². The molecule has 0 aliphatic carbocycles. The maximum absolute atomic E-state index is 13.3. The number of pyridine rings is 1. The van der Waals surface area contributed by atoms with Crippen molar-refractivity contribution < 1.29 is 9.59 Å². The summed E-state index contributed by atoms with van der Waals surface area (Å²) in [5, 5.41) is 0. The van der Waals surface area contributed by atoms with Crippen LogP contribution in [0.3, 0.4) is 0 Å². The second-order valence-corrected chi connectivity index (χ2v) is 7.93. The molecule has 1 aromatic heterocycles. The molecule has 0 spiro atoms. The van der Waals surface area contributed by atoms with Crippen molar-refractivity contribution in [1.82, 2.24) is 9.88 Å². The maximum atomic E-state index is 13.3. The summed E-state index contributed by atoms with van der Waals surface area (Å²) in [5.41, 5.74) is 1.03. The average molecular weight is 378 g/mol. The van der Waals surface area contributed by atoms with Crippen molar-refractivity contribution in [2.45, 2.75) is 20.3 Å². The highest BCUT2D eigenvalue weighted by Gasteiger charge is 2.44. The topological polar surface area (TPSA) is 56.8 Å². The predicted molar refractivity (Wildman–Crippen MR) is 109 cm³/mol. The third-order valence-corrected chi connectivity index (χ3v) is 5.74. The predicted octanol–water partition coefficient (Wildman–Crippen LogP) is 2.35. The van der Waals surface area contributed by atoms with E-state index in [2.05, 4.69) is 9.88 Å². The Morgan fingerprint density at radius 2 is 1.61 bits per heavy atom. The highest BCUT2D eigenvalue weighted by Crippen LogP contribution is 2.33. The largest absolute Gasteiger partial charge is 0.353 e. The Hall–Kier alpha value is -2.89. The standard InChI is InChI=1S/C22H26N4O2/c1-22(2,21(28)26-12-10-17-7-3-4-8-18(17)26)20(27)25-15-13-24(14-16-25)19-9-5-6-11-23-19/h3-9,11H,10,12-16H2,1-2H3. The summed E-state index contributed by atoms with van der Waals surface area (Å²) in [7, 11) is 0. The molecule has 0 bridgehead atoms. The van der Waals surface area contributed by atoms with Crippen molar-refractivity contribution in [1.29, 1.82) is 0 Å². The second-order valence-electron chi connectivity index (χ2n) is 7.93. The molecule has 1 aromatic carbocycles. The molecule has 6 nitrogen and oxygen atoms in total. The number of benzene rings is 1. The van der Waals surface area contributed by atoms with Crippen molar-refractivity contribution in [2.75, 3.05) is 42.5 Å². The monoisotopic (exact) mass is 378 g/mol. The van der Waals surface area contributed by atoms with Gasteiger partial charge in [0, 0.05) is 44.6 Å². The molecule has 0 atom stereocenters. The second kappa shape index (κ2) is 7.26. The summed E-state index contributed by atoms with van der Waals surface area (Å²) in [4.78, 5) is 36.6. The number of carbonyl (C=O) groups excluding carboxylic acids is 2. The van der Waals surface area contributed by atoms with Crippen LogP contribution >= 0.6 is 0 Å². The molecule has 0 saturated carbocycles. The van der Waals surface area contributed by atoms with Crippen molar-refractivity contribution in [3.05, 3.63) is 54.2 Å². The number of anilines is 2. The number of para-hydroxylation sites is 1. The number of piperazine rings is 1. The minimum Gasteiger partial charge on any atom is -0.353 e. The van der Waals surface area contributed by atoms with E-state index in [9.17, 15) is 9.59 Å². The number of fused-ring (bicyclic) bond motifs is 1. The average Bonchev–Trinajstić information content (AvgIpc) is 3.17. The van der Waals surface area contributed by atoms with E-state index >= 15 is 0 Å². The number of carbonyl (C=O) groups is 2. The first kappa shape index (κ1) is 18.5. The third kappa shape index (κ3) is 3.23. The van der Waals surface area contributed by atoms with Crippen LogP contribution in [0.4, 0.5) is 11.5 Å². The highest BCUT2D eigenvalue weighted by atomic mass is 16.2. The number of rotatable bonds is 3. The Bertz CT molecular complexity index is 873. The molecule has 0 radical (unpaired) electrons. The molecule has 6 heteroatoms. The van der Waals surface area contributed by atoms with Gasteiger partial charge in [-0.25, -0.2) is 4.98 Å². The molecule has 0 N–H and O–H groups in total. The molecule has 4 rings (SSSR count). The van der Waals surface area contributed by atoms with Gasteiger partial charge in [0.2, 0.25) is 11.8 Å². The van der Waals surface area contributed by atoms with Crippen LogP contribution < -0.4 is 9.80 Å². The van der Waals surface area contributed by atoms with Gasteiger partial charge >= 0.3 is 0 Å². The van der Waals surface area contributed by atoms with Crippen LogP contribution in [-0.4, -0.2) is 54.4 Å². The van der Waals surface area contributed by atoms with Gasteiger partial charge in [0.15, 0.2) is 0 Å². The molecular weight excluding hydrogens is 352 g/mol. The summed E-state index contributed by atoms with van der Waals surface area (Å²) in [6.07, 6.45) is 2.62. The Morgan fingerprint density at radius 1 is 0.893 bits per heavy atom. The summed E-state index contributed by atoms with van der Waals surface area (Å²) >= 11 is 0. The summed E-state index contributed by atoms with van der Waals surface area (Å²) in [6, 6.07) is 13.8. The number of hydrogen-bond acceptors (Lipinski definition) is 4. The fourth-order valence-electron chi connectivity index (χ4n) is 4.05. The van der Waals surface area contributed by atoms with Crippen molar-refractivity contribution in [3.63, 3.8) is 0 Å². The van der Waals surface area contributed by atoms with Gasteiger partial charge in [-0.05, 0) is 44.0 Å². The van der Waals surface area contributed by atoms with Gasteiger partial charge in [0.1, 0.15) is 11.2 Å². The Balaban J connectivity index is 1.44. The molecule has 2 aliphatic heterocycles. The number of amides is 2. The number of hydrogen-bond donors (Lipinski definition) is 0. The summed E-state index contributed by atoms with van der Waals surface area (Å²) in [6.45, 7) is 6.79. The van der Waals surface area contributed by atoms with E-state index in [0.717, 1.165) is 31.0 Å². The SMILES string of the molecule is CC(C)(C(=O)N1CCN(c2ccccn2)CC1)C(=O)N1CCc2ccccc21. The van der Waals surface area contributed by atoms with Gasteiger partial charge < -0.3 is 14.7 Å². The Morgan fingerprint density at radius 3 is 2.32 bits per heavy atom. The Kier molecular flexibility index (Phi) is 4.79. The lowest BCUT2D eigenvalue weighted by molar-refractivity contribution is -0.147. The van der Waals surface area contributed by atoms with Crippen LogP contribution in [0.15, 0.2) is 48.7 Å². The van der Waals surface area contributed by atoms with Crippen LogP contribution in [0.5, 0.6) is 0 Å². The van der Waals surface area contributed by atoms with Gasteiger partial charge in [-0.1, -0.05) is 24.3 Å². The molecule has 28 heavy (non-hydrogen) atoms. The van der Waals surface area contributed by atoms with Gasteiger partial charge in [0.05, 0.1) is 0 Å². The number of aromatic nitrogens is 1. The maximum Gasteiger partial charge on any atom is 0.242 e. The van der Waals surface area contributed by atoms with Crippen molar-refractivity contribution >= 4 is 23.3 Å². The van der Waals surface area contributed by atoms with E-state index in [-0.39, 0.29) is 11.8 Å². The first-order valence-corrected chi connectivity index (χ1v) is 9.84. The minimum absolute atomic E-state index is 0.0949. The molecule has 2 aromatic rings. The van der Waals surface area contributed by atoms with E-state index in [1.54, 1.807) is 24.9 Å². The van der Waals surface area contributed by atoms with E-state index in [0.29, 0.717) is 19.6 Å². The molecule has 2 amide bonds. The van der Waals surface area contributed by atoms with E-state index in [1.807, 2.05) is 47.4 Å². The molecule has 1 fully saturated rings. The Labute approximate surface area is 165 Å². The van der Waals surface area contributed by atoms with Gasteiger partial charge in [-0.15, -0.1) is 0 Å². The van der Waals surface area contributed by atoms with Crippen LogP contribution in [0.2, 0.25) is 0 Å². The van der Waals surface area contributed by atoms with Crippen LogP contribution in [-0.2, 0) is 16.0 Å². The van der Waals surface area contributed by atoms with Crippen LogP contribution in [0, 0.1) is 5.41 Å². The van der Waals surface area contributed by atoms with E-state index in [1.165, 1.54) is 5.56 Å². The lowest BCUT2D eigenvalue weighted by atomic mass is 9.89. The molecule has 2 aliphatic rings. The minimum atomic E-state index is -1.08. The van der Waals surface area contributed by atoms with Gasteiger partial charge in [-0.3, -0.25) is 9.59 Å². The zero-order chi connectivity index (χ0) is 19.7. The quantitative estimate of drug-likeness (QED) is 0.770. The highest BCUT2D eigenvalue weighted by molar-refractivity contribution is 6.11. The fourth-order valence-corrected chi connectivity index (χ4v) is 4.05. The molecule has 0 unspecified atom stereocenters. The van der Waals surface area contributed by atoms with E-state index < -0.39 is 5.41 Å². The molecule has 3 heterocycles. The third-order valence-electron chi connectivity index (χ3n) is 5.74. The fraction of sp³-hybridized carbons (Fsp3) is 0.409. The van der Waals surface area contributed by atoms with Crippen LogP contribution in [0.25, 0.3) is 0 Å². The first-order valence-electron chi connectivity index (χ1n) is 9.84. The zero-order valence-electron chi connectivity index (χ0n) is 16.5. The normalized spacial score (nSPS) is 16.9. The zero-order valence-corrected chi connectivity index (χ0v) is 16.5. The molecule has 146 valence electrons. The lowest BCUT2D eigenvalue weighted by Gasteiger charge is -2.39. The molecular formula is C22H26N4O2. The summed E-state index contributed by atoms with van der Waals surface area (Å²) in [5.74, 6) is 0.718. The van der Waals surface area contributed by atoms with Gasteiger partial charge in [0.25, 0.3) is 0 Å². The number of nitrogens with zero attached hydrogens (tertiary/aromatic N) is 4.